The molecule has 1 fully saturated rings. The van der Waals surface area contributed by atoms with E-state index in [-0.39, 0.29) is 17.8 Å². The van der Waals surface area contributed by atoms with Gasteiger partial charge in [-0.1, -0.05) is 16.9 Å². The first-order valence-electron chi connectivity index (χ1n) is 8.04. The van der Waals surface area contributed by atoms with Gasteiger partial charge in [-0.3, -0.25) is 4.79 Å². The molecule has 2 aromatic heterocycles. The topological polar surface area (TPSA) is 82.2 Å². The van der Waals surface area contributed by atoms with Crippen LogP contribution in [0.5, 0.6) is 0 Å². The standard InChI is InChI=1S/C16H22N4O3S/c1-10-7-14(19-23-10)18-15(21)9-24-16-17-11(2)12(3)20(16)8-13-5-4-6-22-13/h7,13H,4-6,8-9H2,1-3H3,(H,18,19,21)/t13-/m1/s1. The van der Waals surface area contributed by atoms with Gasteiger partial charge in [0, 0.05) is 18.4 Å². The lowest BCUT2D eigenvalue weighted by Crippen LogP contribution is -2.18. The van der Waals surface area contributed by atoms with E-state index >= 15 is 0 Å². The Bertz CT molecular complexity index is 719. The van der Waals surface area contributed by atoms with Gasteiger partial charge in [0.1, 0.15) is 5.76 Å². The molecule has 0 aliphatic carbocycles. The molecule has 7 nitrogen and oxygen atoms in total. The minimum atomic E-state index is -0.129. The number of nitrogens with one attached hydrogen (secondary N) is 1. The average Bonchev–Trinajstić information content (AvgIpc) is 3.25. The first-order valence-corrected chi connectivity index (χ1v) is 9.03. The molecular weight excluding hydrogens is 328 g/mol. The smallest absolute Gasteiger partial charge is 0.236 e. The highest BCUT2D eigenvalue weighted by Crippen LogP contribution is 2.24. The van der Waals surface area contributed by atoms with Gasteiger partial charge in [-0.05, 0) is 33.6 Å². The van der Waals surface area contributed by atoms with E-state index in [2.05, 4.69) is 26.9 Å². The van der Waals surface area contributed by atoms with Crippen LogP contribution in [-0.2, 0) is 16.1 Å². The molecular formula is C16H22N4O3S. The molecule has 1 amide bonds. The van der Waals surface area contributed by atoms with Gasteiger partial charge in [0.25, 0.3) is 0 Å². The molecule has 1 saturated heterocycles. The lowest BCUT2D eigenvalue weighted by atomic mass is 10.2. The van der Waals surface area contributed by atoms with Crippen molar-refractivity contribution in [3.8, 4) is 0 Å². The van der Waals surface area contributed by atoms with E-state index in [1.54, 1.807) is 13.0 Å². The highest BCUT2D eigenvalue weighted by Gasteiger charge is 2.20. The van der Waals surface area contributed by atoms with Crippen molar-refractivity contribution < 1.29 is 14.1 Å². The fraction of sp³-hybridized carbons (Fsp3) is 0.562. The highest BCUT2D eigenvalue weighted by atomic mass is 32.2. The Morgan fingerprint density at radius 3 is 2.96 bits per heavy atom. The lowest BCUT2D eigenvalue weighted by molar-refractivity contribution is -0.113. The van der Waals surface area contributed by atoms with Gasteiger partial charge < -0.3 is 19.1 Å². The fourth-order valence-electron chi connectivity index (χ4n) is 2.68. The number of rotatable bonds is 6. The number of hydrogen-bond acceptors (Lipinski definition) is 6. The molecule has 3 heterocycles. The van der Waals surface area contributed by atoms with Gasteiger partial charge in [-0.25, -0.2) is 4.98 Å². The summed E-state index contributed by atoms with van der Waals surface area (Å²) in [7, 11) is 0. The molecule has 1 aliphatic heterocycles. The van der Waals surface area contributed by atoms with Crippen molar-refractivity contribution in [3.63, 3.8) is 0 Å². The second-order valence-corrected chi connectivity index (χ2v) is 6.91. The van der Waals surface area contributed by atoms with Crippen molar-refractivity contribution in [1.29, 1.82) is 0 Å². The summed E-state index contributed by atoms with van der Waals surface area (Å²) in [5.41, 5.74) is 2.11. The number of hydrogen-bond donors (Lipinski definition) is 1. The number of nitrogens with zero attached hydrogens (tertiary/aromatic N) is 3. The fourth-order valence-corrected chi connectivity index (χ4v) is 3.58. The number of ether oxygens (including phenoxy) is 1. The van der Waals surface area contributed by atoms with Gasteiger partial charge in [0.2, 0.25) is 5.91 Å². The Hall–Kier alpha value is -1.80. The Kier molecular flexibility index (Phi) is 5.25. The second kappa shape index (κ2) is 7.40. The number of thioether (sulfide) groups is 1. The number of amides is 1. The van der Waals surface area contributed by atoms with Crippen molar-refractivity contribution in [2.45, 2.75) is 51.4 Å². The van der Waals surface area contributed by atoms with Crippen LogP contribution >= 0.6 is 11.8 Å². The van der Waals surface area contributed by atoms with E-state index in [9.17, 15) is 4.79 Å². The third-order valence-corrected chi connectivity index (χ3v) is 5.04. The maximum Gasteiger partial charge on any atom is 0.236 e. The molecule has 130 valence electrons. The number of imidazole rings is 1. The van der Waals surface area contributed by atoms with Crippen molar-refractivity contribution in [2.75, 3.05) is 17.7 Å². The van der Waals surface area contributed by atoms with E-state index in [4.69, 9.17) is 9.26 Å². The number of aromatic nitrogens is 3. The molecule has 0 radical (unpaired) electrons. The quantitative estimate of drug-likeness (QED) is 0.807. The molecule has 1 N–H and O–H groups in total. The van der Waals surface area contributed by atoms with Crippen molar-refractivity contribution in [1.82, 2.24) is 14.7 Å². The van der Waals surface area contributed by atoms with Crippen LogP contribution in [-0.4, -0.2) is 39.1 Å². The van der Waals surface area contributed by atoms with E-state index in [1.807, 2.05) is 6.92 Å². The summed E-state index contributed by atoms with van der Waals surface area (Å²) in [6.45, 7) is 7.45. The Labute approximate surface area is 145 Å². The third kappa shape index (κ3) is 3.99. The summed E-state index contributed by atoms with van der Waals surface area (Å²) in [4.78, 5) is 16.7. The molecule has 0 saturated carbocycles. The highest BCUT2D eigenvalue weighted by molar-refractivity contribution is 7.99. The summed E-state index contributed by atoms with van der Waals surface area (Å²) in [5, 5.41) is 7.34. The number of anilines is 1. The monoisotopic (exact) mass is 350 g/mol. The van der Waals surface area contributed by atoms with Crippen LogP contribution in [0.25, 0.3) is 0 Å². The zero-order valence-electron chi connectivity index (χ0n) is 14.2. The van der Waals surface area contributed by atoms with E-state index in [0.717, 1.165) is 42.5 Å². The van der Waals surface area contributed by atoms with Crippen LogP contribution in [0.4, 0.5) is 5.82 Å². The van der Waals surface area contributed by atoms with Crippen LogP contribution in [0.1, 0.15) is 30.0 Å². The van der Waals surface area contributed by atoms with Crippen LogP contribution in [0.2, 0.25) is 0 Å². The molecule has 0 spiro atoms. The van der Waals surface area contributed by atoms with Gasteiger partial charge in [-0.2, -0.15) is 0 Å². The summed E-state index contributed by atoms with van der Waals surface area (Å²) in [6.07, 6.45) is 2.43. The predicted octanol–water partition coefficient (Wildman–Crippen LogP) is 2.71. The molecule has 1 atom stereocenters. The number of carbonyl (C=O) groups excluding carboxylic acids is 1. The van der Waals surface area contributed by atoms with E-state index in [0.29, 0.717) is 11.6 Å². The number of carbonyl (C=O) groups is 1. The van der Waals surface area contributed by atoms with Gasteiger partial charge >= 0.3 is 0 Å². The largest absolute Gasteiger partial charge is 0.376 e. The molecule has 0 aromatic carbocycles. The van der Waals surface area contributed by atoms with Gasteiger partial charge in [0.05, 0.1) is 24.1 Å². The molecule has 24 heavy (non-hydrogen) atoms. The first-order chi connectivity index (χ1) is 11.5. The SMILES string of the molecule is Cc1cc(NC(=O)CSc2nc(C)c(C)n2C[C@H]2CCCO2)no1. The van der Waals surface area contributed by atoms with Crippen molar-refractivity contribution >= 4 is 23.5 Å². The molecule has 0 unspecified atom stereocenters. The Balaban J connectivity index is 1.61. The normalized spacial score (nSPS) is 17.4. The Morgan fingerprint density at radius 2 is 2.29 bits per heavy atom. The zero-order chi connectivity index (χ0) is 17.1. The minimum absolute atomic E-state index is 0.129. The zero-order valence-corrected chi connectivity index (χ0v) is 15.0. The molecule has 3 rings (SSSR count). The Morgan fingerprint density at radius 1 is 1.46 bits per heavy atom. The summed E-state index contributed by atoms with van der Waals surface area (Å²) in [5.74, 6) is 1.24. The summed E-state index contributed by atoms with van der Waals surface area (Å²) >= 11 is 1.43. The van der Waals surface area contributed by atoms with Crippen LogP contribution < -0.4 is 5.32 Å². The first kappa shape index (κ1) is 17.0. The summed E-state index contributed by atoms with van der Waals surface area (Å²) < 4.78 is 12.8. The average molecular weight is 350 g/mol. The minimum Gasteiger partial charge on any atom is -0.376 e. The van der Waals surface area contributed by atoms with Gasteiger partial charge in [0.15, 0.2) is 11.0 Å². The van der Waals surface area contributed by atoms with E-state index in [1.165, 1.54) is 11.8 Å². The van der Waals surface area contributed by atoms with Crippen LogP contribution in [0.3, 0.4) is 0 Å². The van der Waals surface area contributed by atoms with Crippen molar-refractivity contribution in [3.05, 3.63) is 23.2 Å². The lowest BCUT2D eigenvalue weighted by Gasteiger charge is -2.14. The molecule has 1 aliphatic rings. The maximum atomic E-state index is 12.1. The third-order valence-electron chi connectivity index (χ3n) is 4.06. The second-order valence-electron chi connectivity index (χ2n) is 5.97. The predicted molar refractivity (Wildman–Crippen MR) is 91.3 cm³/mol. The van der Waals surface area contributed by atoms with Gasteiger partial charge in [-0.15, -0.1) is 0 Å². The van der Waals surface area contributed by atoms with Crippen LogP contribution in [0.15, 0.2) is 15.7 Å². The van der Waals surface area contributed by atoms with E-state index < -0.39 is 0 Å². The summed E-state index contributed by atoms with van der Waals surface area (Å²) in [6, 6.07) is 1.69. The molecule has 0 bridgehead atoms. The number of aryl methyl sites for hydroxylation is 2. The molecule has 2 aromatic rings. The van der Waals surface area contributed by atoms with Crippen LogP contribution in [0, 0.1) is 20.8 Å². The molecule has 8 heteroatoms. The maximum absolute atomic E-state index is 12.1. The van der Waals surface area contributed by atoms with Crippen molar-refractivity contribution in [2.24, 2.45) is 0 Å².